The largest absolute Gasteiger partial charge is 0.367 e. The summed E-state index contributed by atoms with van der Waals surface area (Å²) >= 11 is 0. The zero-order chi connectivity index (χ0) is 16.8. The fourth-order valence-corrected chi connectivity index (χ4v) is 2.56. The topological polar surface area (TPSA) is 51.2 Å². The Morgan fingerprint density at radius 3 is 2.29 bits per heavy atom. The molecule has 1 atom stereocenters. The van der Waals surface area contributed by atoms with Gasteiger partial charge >= 0.3 is 0 Å². The van der Waals surface area contributed by atoms with Crippen molar-refractivity contribution >= 4 is 11.7 Å². The first-order chi connectivity index (χ1) is 11.8. The minimum absolute atomic E-state index is 0.250. The zero-order valence-electron chi connectivity index (χ0n) is 13.3. The van der Waals surface area contributed by atoms with E-state index in [0.29, 0.717) is 5.82 Å². The Morgan fingerprint density at radius 2 is 1.62 bits per heavy atom. The molecule has 0 aliphatic carbocycles. The number of carbonyl (C=O) groups is 1. The Labute approximate surface area is 141 Å². The summed E-state index contributed by atoms with van der Waals surface area (Å²) < 4.78 is 5.38. The lowest BCUT2D eigenvalue weighted by atomic mass is 10.1. The molecule has 1 N–H and O–H groups in total. The monoisotopic (exact) mass is 318 g/mol. The Balaban J connectivity index is 1.87. The van der Waals surface area contributed by atoms with Gasteiger partial charge in [-0.25, -0.2) is 4.98 Å². The van der Waals surface area contributed by atoms with Crippen LogP contribution >= 0.6 is 0 Å². The van der Waals surface area contributed by atoms with Crippen molar-refractivity contribution in [2.75, 3.05) is 12.4 Å². The van der Waals surface area contributed by atoms with Crippen molar-refractivity contribution < 1.29 is 9.53 Å². The first kappa shape index (κ1) is 15.9. The van der Waals surface area contributed by atoms with Gasteiger partial charge in [0.05, 0.1) is 0 Å². The SMILES string of the molecule is CO[C@@H](C(=O)Nc1ncccc1-c1ccccc1)c1ccccc1. The lowest BCUT2D eigenvalue weighted by molar-refractivity contribution is -0.126. The number of amides is 1. The minimum atomic E-state index is -0.683. The van der Waals surface area contributed by atoms with Crippen LogP contribution in [-0.2, 0) is 9.53 Å². The van der Waals surface area contributed by atoms with E-state index in [9.17, 15) is 4.79 Å². The molecule has 0 spiro atoms. The molecular weight excluding hydrogens is 300 g/mol. The molecule has 0 saturated carbocycles. The van der Waals surface area contributed by atoms with Gasteiger partial charge in [-0.1, -0.05) is 60.7 Å². The maximum absolute atomic E-state index is 12.7. The number of nitrogens with one attached hydrogen (secondary N) is 1. The molecule has 0 unspecified atom stereocenters. The summed E-state index contributed by atoms with van der Waals surface area (Å²) in [5.41, 5.74) is 2.67. The molecule has 3 aromatic rings. The summed E-state index contributed by atoms with van der Waals surface area (Å²) in [4.78, 5) is 17.0. The molecule has 0 radical (unpaired) electrons. The minimum Gasteiger partial charge on any atom is -0.367 e. The zero-order valence-corrected chi connectivity index (χ0v) is 13.3. The van der Waals surface area contributed by atoms with Gasteiger partial charge < -0.3 is 10.1 Å². The standard InChI is InChI=1S/C20H18N2O2/c1-24-18(16-11-6-3-7-12-16)20(23)22-19-17(13-8-14-21-19)15-9-4-2-5-10-15/h2-14,18H,1H3,(H,21,22,23)/t18-/m1/s1. The number of methoxy groups -OCH3 is 1. The van der Waals surface area contributed by atoms with E-state index in [-0.39, 0.29) is 5.91 Å². The van der Waals surface area contributed by atoms with Crippen molar-refractivity contribution in [2.45, 2.75) is 6.10 Å². The molecular formula is C20H18N2O2. The van der Waals surface area contributed by atoms with Crippen LogP contribution in [0, 0.1) is 0 Å². The second-order valence-corrected chi connectivity index (χ2v) is 5.28. The fourth-order valence-electron chi connectivity index (χ4n) is 2.56. The summed E-state index contributed by atoms with van der Waals surface area (Å²) in [6, 6.07) is 23.0. The summed E-state index contributed by atoms with van der Waals surface area (Å²) in [7, 11) is 1.52. The first-order valence-corrected chi connectivity index (χ1v) is 7.68. The lowest BCUT2D eigenvalue weighted by Crippen LogP contribution is -2.23. The second-order valence-electron chi connectivity index (χ2n) is 5.28. The highest BCUT2D eigenvalue weighted by Crippen LogP contribution is 2.27. The maximum atomic E-state index is 12.7. The molecule has 1 heterocycles. The molecule has 4 heteroatoms. The predicted molar refractivity (Wildman–Crippen MR) is 94.5 cm³/mol. The smallest absolute Gasteiger partial charge is 0.259 e. The van der Waals surface area contributed by atoms with Gasteiger partial charge in [0, 0.05) is 18.9 Å². The van der Waals surface area contributed by atoms with Gasteiger partial charge in [0.2, 0.25) is 0 Å². The van der Waals surface area contributed by atoms with E-state index in [2.05, 4.69) is 10.3 Å². The van der Waals surface area contributed by atoms with E-state index in [1.54, 1.807) is 6.20 Å². The van der Waals surface area contributed by atoms with Crippen LogP contribution in [0.2, 0.25) is 0 Å². The Kier molecular flexibility index (Phi) is 4.99. The van der Waals surface area contributed by atoms with E-state index in [1.807, 2.05) is 72.8 Å². The van der Waals surface area contributed by atoms with Gasteiger partial charge in [0.25, 0.3) is 5.91 Å². The molecule has 3 rings (SSSR count). The fraction of sp³-hybridized carbons (Fsp3) is 0.100. The maximum Gasteiger partial charge on any atom is 0.259 e. The molecule has 0 bridgehead atoms. The highest BCUT2D eigenvalue weighted by atomic mass is 16.5. The van der Waals surface area contributed by atoms with Gasteiger partial charge in [0.1, 0.15) is 5.82 Å². The number of hydrogen-bond donors (Lipinski definition) is 1. The van der Waals surface area contributed by atoms with E-state index in [4.69, 9.17) is 4.74 Å². The lowest BCUT2D eigenvalue weighted by Gasteiger charge is -2.16. The van der Waals surface area contributed by atoms with Crippen LogP contribution in [0.3, 0.4) is 0 Å². The molecule has 1 amide bonds. The Morgan fingerprint density at radius 1 is 0.958 bits per heavy atom. The number of carbonyl (C=O) groups excluding carboxylic acids is 1. The molecule has 2 aromatic carbocycles. The number of aromatic nitrogens is 1. The van der Waals surface area contributed by atoms with Gasteiger partial charge in [-0.15, -0.1) is 0 Å². The van der Waals surface area contributed by atoms with Gasteiger partial charge in [-0.3, -0.25) is 4.79 Å². The van der Waals surface area contributed by atoms with Gasteiger partial charge in [-0.05, 0) is 23.3 Å². The highest BCUT2D eigenvalue weighted by Gasteiger charge is 2.21. The van der Waals surface area contributed by atoms with E-state index in [1.165, 1.54) is 7.11 Å². The van der Waals surface area contributed by atoms with Gasteiger partial charge in [-0.2, -0.15) is 0 Å². The molecule has 0 aliphatic heterocycles. The third-order valence-corrected chi connectivity index (χ3v) is 3.71. The normalized spacial score (nSPS) is 11.7. The van der Waals surface area contributed by atoms with Crippen molar-refractivity contribution in [3.05, 3.63) is 84.6 Å². The van der Waals surface area contributed by atoms with Crippen LogP contribution in [0.5, 0.6) is 0 Å². The third kappa shape index (κ3) is 3.50. The molecule has 24 heavy (non-hydrogen) atoms. The number of pyridine rings is 1. The number of nitrogens with zero attached hydrogens (tertiary/aromatic N) is 1. The van der Waals surface area contributed by atoms with Crippen molar-refractivity contribution in [2.24, 2.45) is 0 Å². The van der Waals surface area contributed by atoms with Crippen molar-refractivity contribution in [1.82, 2.24) is 4.98 Å². The molecule has 0 aliphatic rings. The quantitative estimate of drug-likeness (QED) is 0.771. The number of rotatable bonds is 5. The first-order valence-electron chi connectivity index (χ1n) is 7.68. The molecule has 120 valence electrons. The predicted octanol–water partition coefficient (Wildman–Crippen LogP) is 4.07. The number of benzene rings is 2. The van der Waals surface area contributed by atoms with Crippen molar-refractivity contribution in [3.63, 3.8) is 0 Å². The average molecular weight is 318 g/mol. The van der Waals surface area contributed by atoms with Crippen LogP contribution in [0.1, 0.15) is 11.7 Å². The second kappa shape index (κ2) is 7.53. The summed E-state index contributed by atoms with van der Waals surface area (Å²) in [6.07, 6.45) is 0.976. The molecule has 1 aromatic heterocycles. The number of ether oxygens (including phenoxy) is 1. The molecule has 0 fully saturated rings. The summed E-state index contributed by atoms with van der Waals surface area (Å²) in [5, 5.41) is 2.88. The van der Waals surface area contributed by atoms with E-state index < -0.39 is 6.10 Å². The van der Waals surface area contributed by atoms with Crippen molar-refractivity contribution in [3.8, 4) is 11.1 Å². The molecule has 4 nitrogen and oxygen atoms in total. The van der Waals surface area contributed by atoms with Crippen LogP contribution in [0.15, 0.2) is 79.0 Å². The number of hydrogen-bond acceptors (Lipinski definition) is 3. The van der Waals surface area contributed by atoms with E-state index >= 15 is 0 Å². The Bertz CT molecular complexity index is 804. The highest BCUT2D eigenvalue weighted by molar-refractivity contribution is 5.97. The summed E-state index contributed by atoms with van der Waals surface area (Å²) in [6.45, 7) is 0. The average Bonchev–Trinajstić information content (AvgIpc) is 2.64. The van der Waals surface area contributed by atoms with Crippen LogP contribution in [0.4, 0.5) is 5.82 Å². The third-order valence-electron chi connectivity index (χ3n) is 3.71. The Hall–Kier alpha value is -2.98. The molecule has 0 saturated heterocycles. The van der Waals surface area contributed by atoms with E-state index in [0.717, 1.165) is 16.7 Å². The van der Waals surface area contributed by atoms with Crippen LogP contribution < -0.4 is 5.32 Å². The van der Waals surface area contributed by atoms with Crippen LogP contribution in [0.25, 0.3) is 11.1 Å². The summed E-state index contributed by atoms with van der Waals surface area (Å²) in [5.74, 6) is 0.270. The number of anilines is 1. The van der Waals surface area contributed by atoms with Crippen molar-refractivity contribution in [1.29, 1.82) is 0 Å². The van der Waals surface area contributed by atoms with Crippen LogP contribution in [-0.4, -0.2) is 18.0 Å². The van der Waals surface area contributed by atoms with Gasteiger partial charge in [0.15, 0.2) is 6.10 Å².